The Labute approximate surface area is 122 Å². The molecule has 5 nitrogen and oxygen atoms in total. The van der Waals surface area contributed by atoms with Gasteiger partial charge >= 0.3 is 12.1 Å². The first kappa shape index (κ1) is 16.1. The van der Waals surface area contributed by atoms with Gasteiger partial charge in [0.1, 0.15) is 5.60 Å². The number of hydrogen-bond donors (Lipinski definition) is 2. The third-order valence-corrected chi connectivity index (χ3v) is 2.85. The summed E-state index contributed by atoms with van der Waals surface area (Å²) in [5, 5.41) is 13.2. The molecule has 1 aromatic rings. The number of carbonyl (C=O) groups excluding carboxylic acids is 1. The molecule has 0 spiro atoms. The quantitative estimate of drug-likeness (QED) is 0.664. The predicted octanol–water partition coefficient (Wildman–Crippen LogP) is 2.71. The van der Waals surface area contributed by atoms with Crippen LogP contribution in [0.25, 0.3) is 0 Å². The van der Waals surface area contributed by atoms with Gasteiger partial charge in [-0.15, -0.1) is 11.3 Å². The van der Waals surface area contributed by atoms with Crippen molar-refractivity contribution in [2.45, 2.75) is 32.8 Å². The second-order valence-electron chi connectivity index (χ2n) is 4.95. The fraction of sp³-hybridized carbons (Fsp3) is 0.429. The Morgan fingerprint density at radius 2 is 2.15 bits per heavy atom. The number of amides is 1. The van der Waals surface area contributed by atoms with Crippen LogP contribution in [0.15, 0.2) is 11.4 Å². The van der Waals surface area contributed by atoms with Gasteiger partial charge in [-0.1, -0.05) is 11.8 Å². The lowest BCUT2D eigenvalue weighted by molar-refractivity contribution is 0.0528. The largest absolute Gasteiger partial charge is 0.478 e. The van der Waals surface area contributed by atoms with Crippen molar-refractivity contribution >= 4 is 23.4 Å². The highest BCUT2D eigenvalue weighted by Gasteiger charge is 2.15. The van der Waals surface area contributed by atoms with Crippen molar-refractivity contribution in [3.05, 3.63) is 21.9 Å². The van der Waals surface area contributed by atoms with Crippen LogP contribution in [0.3, 0.4) is 0 Å². The predicted molar refractivity (Wildman–Crippen MR) is 77.0 cm³/mol. The monoisotopic (exact) mass is 295 g/mol. The second-order valence-corrected chi connectivity index (χ2v) is 5.87. The van der Waals surface area contributed by atoms with Crippen LogP contribution in [0.5, 0.6) is 0 Å². The van der Waals surface area contributed by atoms with E-state index < -0.39 is 17.7 Å². The number of carboxylic acids is 1. The molecule has 0 aliphatic carbocycles. The van der Waals surface area contributed by atoms with Gasteiger partial charge in [-0.2, -0.15) is 0 Å². The maximum Gasteiger partial charge on any atom is 0.407 e. The van der Waals surface area contributed by atoms with E-state index in [2.05, 4.69) is 17.2 Å². The summed E-state index contributed by atoms with van der Waals surface area (Å²) in [6, 6.07) is 1.52. The van der Waals surface area contributed by atoms with E-state index in [0.717, 1.165) is 0 Å². The number of thiophene rings is 1. The number of alkyl carbamates (subject to hydrolysis) is 1. The minimum absolute atomic E-state index is 0.211. The van der Waals surface area contributed by atoms with Gasteiger partial charge in [-0.3, -0.25) is 0 Å². The SMILES string of the molecule is CC(C)(C)OC(=O)NCCC#Cc1sccc1C(=O)O. The van der Waals surface area contributed by atoms with E-state index in [1.807, 2.05) is 0 Å². The van der Waals surface area contributed by atoms with Crippen LogP contribution >= 0.6 is 11.3 Å². The molecule has 0 aliphatic heterocycles. The maximum atomic E-state index is 11.3. The smallest absolute Gasteiger partial charge is 0.407 e. The van der Waals surface area contributed by atoms with E-state index >= 15 is 0 Å². The zero-order valence-corrected chi connectivity index (χ0v) is 12.5. The summed E-state index contributed by atoms with van der Waals surface area (Å²) in [5.41, 5.74) is -0.314. The van der Waals surface area contributed by atoms with Crippen molar-refractivity contribution in [2.75, 3.05) is 6.54 Å². The van der Waals surface area contributed by atoms with Crippen LogP contribution < -0.4 is 5.32 Å². The lowest BCUT2D eigenvalue weighted by Crippen LogP contribution is -2.32. The third kappa shape index (κ3) is 5.76. The first-order chi connectivity index (χ1) is 9.29. The number of rotatable bonds is 3. The van der Waals surface area contributed by atoms with Gasteiger partial charge in [0.15, 0.2) is 0 Å². The maximum absolute atomic E-state index is 11.3. The van der Waals surface area contributed by atoms with E-state index in [-0.39, 0.29) is 5.56 Å². The Balaban J connectivity index is 2.39. The van der Waals surface area contributed by atoms with Gasteiger partial charge in [0.2, 0.25) is 0 Å². The zero-order chi connectivity index (χ0) is 15.2. The van der Waals surface area contributed by atoms with Crippen molar-refractivity contribution in [2.24, 2.45) is 0 Å². The Bertz CT molecular complexity index is 546. The molecule has 0 unspecified atom stereocenters. The lowest BCUT2D eigenvalue weighted by atomic mass is 10.2. The summed E-state index contributed by atoms with van der Waals surface area (Å²) in [4.78, 5) is 22.7. The van der Waals surface area contributed by atoms with Crippen LogP contribution in [0.1, 0.15) is 42.4 Å². The van der Waals surface area contributed by atoms with Crippen LogP contribution in [0, 0.1) is 11.8 Å². The van der Waals surface area contributed by atoms with E-state index in [9.17, 15) is 9.59 Å². The average Bonchev–Trinajstić information content (AvgIpc) is 2.74. The Hall–Kier alpha value is -2.00. The zero-order valence-electron chi connectivity index (χ0n) is 11.6. The van der Waals surface area contributed by atoms with Crippen molar-refractivity contribution in [1.82, 2.24) is 5.32 Å². The van der Waals surface area contributed by atoms with Crippen LogP contribution in [0.4, 0.5) is 4.79 Å². The van der Waals surface area contributed by atoms with Crippen LogP contribution in [0.2, 0.25) is 0 Å². The highest BCUT2D eigenvalue weighted by atomic mass is 32.1. The van der Waals surface area contributed by atoms with Crippen molar-refractivity contribution in [3.8, 4) is 11.8 Å². The van der Waals surface area contributed by atoms with Gasteiger partial charge < -0.3 is 15.2 Å². The van der Waals surface area contributed by atoms with E-state index in [0.29, 0.717) is 17.8 Å². The van der Waals surface area contributed by atoms with Crippen LogP contribution in [-0.2, 0) is 4.74 Å². The van der Waals surface area contributed by atoms with Crippen LogP contribution in [-0.4, -0.2) is 29.3 Å². The molecule has 0 saturated carbocycles. The fourth-order valence-corrected chi connectivity index (χ4v) is 2.01. The van der Waals surface area contributed by atoms with Gasteiger partial charge in [-0.25, -0.2) is 9.59 Å². The number of hydrogen-bond acceptors (Lipinski definition) is 4. The Morgan fingerprint density at radius 3 is 2.75 bits per heavy atom. The summed E-state index contributed by atoms with van der Waals surface area (Å²) in [6.45, 7) is 5.72. The first-order valence-electron chi connectivity index (χ1n) is 6.06. The van der Waals surface area contributed by atoms with E-state index in [1.165, 1.54) is 17.4 Å². The molecule has 2 N–H and O–H groups in total. The Morgan fingerprint density at radius 1 is 1.45 bits per heavy atom. The molecule has 6 heteroatoms. The number of ether oxygens (including phenoxy) is 1. The molecule has 1 rings (SSSR count). The molecule has 0 aliphatic rings. The molecule has 0 fully saturated rings. The topological polar surface area (TPSA) is 75.6 Å². The molecule has 1 heterocycles. The van der Waals surface area contributed by atoms with Crippen molar-refractivity contribution < 1.29 is 19.4 Å². The standard InChI is InChI=1S/C14H17NO4S/c1-14(2,3)19-13(18)15-8-5-4-6-11-10(12(16)17)7-9-20-11/h7,9H,5,8H2,1-3H3,(H,15,18)(H,16,17). The molecule has 0 saturated heterocycles. The summed E-state index contributed by atoms with van der Waals surface area (Å²) in [5.74, 6) is 4.64. The molecule has 20 heavy (non-hydrogen) atoms. The fourth-order valence-electron chi connectivity index (χ4n) is 1.26. The summed E-state index contributed by atoms with van der Waals surface area (Å²) < 4.78 is 5.07. The van der Waals surface area contributed by atoms with Gasteiger partial charge in [0.25, 0.3) is 0 Å². The number of nitrogens with one attached hydrogen (secondary N) is 1. The van der Waals surface area contributed by atoms with Crippen molar-refractivity contribution in [1.29, 1.82) is 0 Å². The molecular formula is C14H17NO4S. The van der Waals surface area contributed by atoms with Gasteiger partial charge in [-0.05, 0) is 32.2 Å². The molecular weight excluding hydrogens is 278 g/mol. The normalized spacial score (nSPS) is 10.3. The number of carbonyl (C=O) groups is 2. The molecule has 1 amide bonds. The molecule has 0 radical (unpaired) electrons. The van der Waals surface area contributed by atoms with Gasteiger partial charge in [0.05, 0.1) is 10.4 Å². The molecule has 108 valence electrons. The highest BCUT2D eigenvalue weighted by Crippen LogP contribution is 2.15. The third-order valence-electron chi connectivity index (χ3n) is 2.02. The summed E-state index contributed by atoms with van der Waals surface area (Å²) >= 11 is 1.28. The summed E-state index contributed by atoms with van der Waals surface area (Å²) in [7, 11) is 0. The highest BCUT2D eigenvalue weighted by molar-refractivity contribution is 7.10. The molecule has 1 aromatic heterocycles. The number of carboxylic acid groups (broad SMARTS) is 1. The lowest BCUT2D eigenvalue weighted by Gasteiger charge is -2.19. The van der Waals surface area contributed by atoms with E-state index in [4.69, 9.17) is 9.84 Å². The molecule has 0 atom stereocenters. The molecule has 0 bridgehead atoms. The molecule has 0 aromatic carbocycles. The van der Waals surface area contributed by atoms with Crippen molar-refractivity contribution in [3.63, 3.8) is 0 Å². The van der Waals surface area contributed by atoms with E-state index in [1.54, 1.807) is 26.2 Å². The minimum atomic E-state index is -0.984. The minimum Gasteiger partial charge on any atom is -0.478 e. The summed E-state index contributed by atoms with van der Waals surface area (Å²) in [6.07, 6.45) is -0.0578. The second kappa shape index (κ2) is 6.96. The van der Waals surface area contributed by atoms with Gasteiger partial charge in [0, 0.05) is 13.0 Å². The Kier molecular flexibility index (Phi) is 5.59. The number of aromatic carboxylic acids is 1. The first-order valence-corrected chi connectivity index (χ1v) is 6.94. The average molecular weight is 295 g/mol.